The minimum atomic E-state index is -0.977. The van der Waals surface area contributed by atoms with Crippen molar-refractivity contribution in [2.45, 2.75) is 6.61 Å². The molecule has 2 aromatic carbocycles. The Labute approximate surface area is 159 Å². The minimum Gasteiger partial charge on any atom is -0.478 e. The Balaban J connectivity index is 1.66. The van der Waals surface area contributed by atoms with Crippen LogP contribution in [-0.4, -0.2) is 43.1 Å². The molecule has 0 saturated carbocycles. The fraction of sp³-hybridized carbons (Fsp3) is 0.105. The van der Waals surface area contributed by atoms with Crippen molar-refractivity contribution in [2.75, 3.05) is 12.4 Å². The van der Waals surface area contributed by atoms with E-state index in [4.69, 9.17) is 9.84 Å². The molecular weight excluding hydrogens is 360 g/mol. The lowest BCUT2D eigenvalue weighted by Gasteiger charge is -2.07. The van der Waals surface area contributed by atoms with Crippen LogP contribution < -0.4 is 5.32 Å². The number of anilines is 2. The molecule has 2 aromatic heterocycles. The highest BCUT2D eigenvalue weighted by Crippen LogP contribution is 2.19. The van der Waals surface area contributed by atoms with Crippen LogP contribution in [0, 0.1) is 0 Å². The Bertz CT molecular complexity index is 1140. The molecule has 0 atom stereocenters. The van der Waals surface area contributed by atoms with Gasteiger partial charge >= 0.3 is 5.97 Å². The highest BCUT2D eigenvalue weighted by molar-refractivity contribution is 5.88. The molecule has 0 fully saturated rings. The number of hydrogen-bond acceptors (Lipinski definition) is 7. The zero-order valence-electron chi connectivity index (χ0n) is 14.9. The number of nitrogens with zero attached hydrogens (tertiary/aromatic N) is 5. The molecule has 9 heteroatoms. The number of hydrogen-bond donors (Lipinski definition) is 2. The predicted molar refractivity (Wildman–Crippen MR) is 102 cm³/mol. The average Bonchev–Trinajstić information content (AvgIpc) is 3.12. The van der Waals surface area contributed by atoms with Gasteiger partial charge in [-0.15, -0.1) is 5.10 Å². The summed E-state index contributed by atoms with van der Waals surface area (Å²) in [7, 11) is 1.64. The first-order valence-electron chi connectivity index (χ1n) is 8.41. The fourth-order valence-electron chi connectivity index (χ4n) is 2.73. The summed E-state index contributed by atoms with van der Waals surface area (Å²) in [4.78, 5) is 19.7. The summed E-state index contributed by atoms with van der Waals surface area (Å²) in [5.41, 5.74) is 3.81. The molecule has 4 aromatic rings. The number of ether oxygens (including phenoxy) is 1. The molecule has 0 radical (unpaired) electrons. The van der Waals surface area contributed by atoms with Crippen LogP contribution in [-0.2, 0) is 11.3 Å². The topological polar surface area (TPSA) is 115 Å². The number of nitrogens with one attached hydrogen (secondary N) is 1. The van der Waals surface area contributed by atoms with E-state index in [1.807, 2.05) is 24.3 Å². The first-order chi connectivity index (χ1) is 13.6. The molecule has 0 bridgehead atoms. The molecule has 0 aliphatic carbocycles. The first kappa shape index (κ1) is 17.6. The third kappa shape index (κ3) is 3.51. The number of carboxylic acids is 1. The van der Waals surface area contributed by atoms with E-state index in [1.54, 1.807) is 30.1 Å². The number of fused-ring (bicyclic) bond motifs is 1. The van der Waals surface area contributed by atoms with Crippen molar-refractivity contribution < 1.29 is 14.6 Å². The van der Waals surface area contributed by atoms with Crippen LogP contribution in [0.4, 0.5) is 11.6 Å². The molecule has 140 valence electrons. The largest absolute Gasteiger partial charge is 0.478 e. The van der Waals surface area contributed by atoms with Crippen molar-refractivity contribution in [1.29, 1.82) is 0 Å². The van der Waals surface area contributed by atoms with Gasteiger partial charge in [0.25, 0.3) is 0 Å². The molecule has 4 rings (SSSR count). The van der Waals surface area contributed by atoms with E-state index in [0.717, 1.165) is 11.3 Å². The predicted octanol–water partition coefficient (Wildman–Crippen LogP) is 2.80. The number of aromatic carboxylic acids is 1. The Kier molecular flexibility index (Phi) is 4.65. The summed E-state index contributed by atoms with van der Waals surface area (Å²) in [5, 5.41) is 20.3. The van der Waals surface area contributed by atoms with E-state index < -0.39 is 5.97 Å². The number of methoxy groups -OCH3 is 1. The van der Waals surface area contributed by atoms with Gasteiger partial charge in [-0.2, -0.15) is 9.67 Å². The highest BCUT2D eigenvalue weighted by atomic mass is 16.5. The van der Waals surface area contributed by atoms with Crippen LogP contribution in [0.25, 0.3) is 16.9 Å². The number of benzene rings is 2. The number of carboxylic acid groups (broad SMARTS) is 1. The Morgan fingerprint density at radius 2 is 2.04 bits per heavy atom. The van der Waals surface area contributed by atoms with Gasteiger partial charge in [0.2, 0.25) is 5.95 Å². The second-order valence-electron chi connectivity index (χ2n) is 6.01. The van der Waals surface area contributed by atoms with Gasteiger partial charge in [0.05, 0.1) is 24.1 Å². The fourth-order valence-corrected chi connectivity index (χ4v) is 2.73. The maximum atomic E-state index is 11.0. The SMILES string of the molecule is COCc1cccc(-n2nnc3cnc(Nc4ccc(C(=O)O)cc4)nc32)c1. The van der Waals surface area contributed by atoms with E-state index in [0.29, 0.717) is 29.4 Å². The van der Waals surface area contributed by atoms with E-state index in [2.05, 4.69) is 25.6 Å². The number of carbonyl (C=O) groups is 1. The second kappa shape index (κ2) is 7.41. The van der Waals surface area contributed by atoms with Crippen molar-refractivity contribution in [3.05, 3.63) is 65.9 Å². The summed E-state index contributed by atoms with van der Waals surface area (Å²) in [6.45, 7) is 0.495. The van der Waals surface area contributed by atoms with Crippen LogP contribution in [0.15, 0.2) is 54.7 Å². The molecule has 0 unspecified atom stereocenters. The van der Waals surface area contributed by atoms with E-state index in [1.165, 1.54) is 12.1 Å². The average molecular weight is 376 g/mol. The van der Waals surface area contributed by atoms with E-state index >= 15 is 0 Å². The van der Waals surface area contributed by atoms with Crippen LogP contribution in [0.1, 0.15) is 15.9 Å². The Hall–Kier alpha value is -3.85. The minimum absolute atomic E-state index is 0.208. The zero-order valence-corrected chi connectivity index (χ0v) is 14.9. The second-order valence-corrected chi connectivity index (χ2v) is 6.01. The molecule has 0 saturated heterocycles. The monoisotopic (exact) mass is 376 g/mol. The Morgan fingerprint density at radius 3 is 2.79 bits per heavy atom. The molecule has 0 aliphatic heterocycles. The molecule has 0 amide bonds. The first-order valence-corrected chi connectivity index (χ1v) is 8.41. The normalized spacial score (nSPS) is 10.9. The molecule has 0 spiro atoms. The standard InChI is InChI=1S/C19H16N6O3/c1-28-11-12-3-2-4-15(9-12)25-17-16(23-24-25)10-20-19(22-17)21-14-7-5-13(6-8-14)18(26)27/h2-10H,11H2,1H3,(H,26,27)(H,20,21,22). The van der Waals surface area contributed by atoms with Crippen LogP contribution in [0.5, 0.6) is 0 Å². The van der Waals surface area contributed by atoms with Crippen LogP contribution in [0.3, 0.4) is 0 Å². The van der Waals surface area contributed by atoms with Crippen molar-refractivity contribution in [1.82, 2.24) is 25.0 Å². The summed E-state index contributed by atoms with van der Waals surface area (Å²) in [5.74, 6) is -0.623. The third-order valence-electron chi connectivity index (χ3n) is 4.05. The van der Waals surface area contributed by atoms with Gasteiger partial charge in [-0.3, -0.25) is 0 Å². The van der Waals surface area contributed by atoms with Crippen molar-refractivity contribution >= 4 is 28.8 Å². The summed E-state index contributed by atoms with van der Waals surface area (Å²) >= 11 is 0. The lowest BCUT2D eigenvalue weighted by Crippen LogP contribution is -2.02. The Morgan fingerprint density at radius 1 is 1.21 bits per heavy atom. The lowest BCUT2D eigenvalue weighted by molar-refractivity contribution is 0.0697. The van der Waals surface area contributed by atoms with E-state index in [9.17, 15) is 4.79 Å². The van der Waals surface area contributed by atoms with Crippen molar-refractivity contribution in [3.8, 4) is 5.69 Å². The molecular formula is C19H16N6O3. The lowest BCUT2D eigenvalue weighted by atomic mass is 10.2. The van der Waals surface area contributed by atoms with Gasteiger partial charge in [0.15, 0.2) is 11.2 Å². The van der Waals surface area contributed by atoms with Crippen LogP contribution in [0.2, 0.25) is 0 Å². The number of aromatic nitrogens is 5. The van der Waals surface area contributed by atoms with Crippen molar-refractivity contribution in [3.63, 3.8) is 0 Å². The van der Waals surface area contributed by atoms with Gasteiger partial charge in [-0.1, -0.05) is 17.3 Å². The molecule has 0 aliphatic rings. The summed E-state index contributed by atoms with van der Waals surface area (Å²) in [6.07, 6.45) is 1.58. The summed E-state index contributed by atoms with van der Waals surface area (Å²) in [6, 6.07) is 14.1. The van der Waals surface area contributed by atoms with Gasteiger partial charge in [0, 0.05) is 12.8 Å². The maximum absolute atomic E-state index is 11.0. The molecule has 9 nitrogen and oxygen atoms in total. The van der Waals surface area contributed by atoms with Gasteiger partial charge in [0.1, 0.15) is 0 Å². The van der Waals surface area contributed by atoms with Crippen LogP contribution >= 0.6 is 0 Å². The number of rotatable bonds is 6. The van der Waals surface area contributed by atoms with Gasteiger partial charge in [-0.05, 0) is 42.0 Å². The third-order valence-corrected chi connectivity index (χ3v) is 4.05. The smallest absolute Gasteiger partial charge is 0.335 e. The summed E-state index contributed by atoms with van der Waals surface area (Å²) < 4.78 is 6.81. The van der Waals surface area contributed by atoms with Gasteiger partial charge in [-0.25, -0.2) is 9.78 Å². The molecule has 28 heavy (non-hydrogen) atoms. The van der Waals surface area contributed by atoms with E-state index in [-0.39, 0.29) is 5.56 Å². The molecule has 2 heterocycles. The molecule has 2 N–H and O–H groups in total. The zero-order chi connectivity index (χ0) is 19.5. The highest BCUT2D eigenvalue weighted by Gasteiger charge is 2.11. The maximum Gasteiger partial charge on any atom is 0.335 e. The van der Waals surface area contributed by atoms with Crippen molar-refractivity contribution in [2.24, 2.45) is 0 Å². The van der Waals surface area contributed by atoms with Gasteiger partial charge < -0.3 is 15.2 Å². The quantitative estimate of drug-likeness (QED) is 0.528.